The highest BCUT2D eigenvalue weighted by atomic mass is 16.3. The van der Waals surface area contributed by atoms with Gasteiger partial charge in [-0.25, -0.2) is 0 Å². The molecule has 0 aliphatic carbocycles. The Morgan fingerprint density at radius 2 is 2.25 bits per heavy atom. The zero-order valence-corrected chi connectivity index (χ0v) is 11.7. The summed E-state index contributed by atoms with van der Waals surface area (Å²) in [5.74, 6) is 1.41. The third-order valence-corrected chi connectivity index (χ3v) is 3.80. The van der Waals surface area contributed by atoms with Crippen molar-refractivity contribution in [1.29, 1.82) is 0 Å². The maximum Gasteiger partial charge on any atom is 0.246 e. The standard InChI is InChI=1S/C17H19NO2/c1-13-5-4-10-18(12-13)17(19)9-8-15-11-14-6-2-3-7-16(14)20-15/h2-3,6-9,11,13H,4-5,10,12H2,1H3/b9-8+. The number of amides is 1. The summed E-state index contributed by atoms with van der Waals surface area (Å²) >= 11 is 0. The third-order valence-electron chi connectivity index (χ3n) is 3.80. The lowest BCUT2D eigenvalue weighted by atomic mass is 10.0. The quantitative estimate of drug-likeness (QED) is 0.779. The normalized spacial score (nSPS) is 19.9. The molecule has 1 aromatic carbocycles. The molecule has 3 heteroatoms. The lowest BCUT2D eigenvalue weighted by Gasteiger charge is -2.29. The van der Waals surface area contributed by atoms with Crippen molar-refractivity contribution in [2.45, 2.75) is 19.8 Å². The second kappa shape index (κ2) is 5.53. The van der Waals surface area contributed by atoms with Crippen LogP contribution in [0.5, 0.6) is 0 Å². The molecule has 1 fully saturated rings. The van der Waals surface area contributed by atoms with Crippen molar-refractivity contribution in [3.63, 3.8) is 0 Å². The summed E-state index contributed by atoms with van der Waals surface area (Å²) in [5.41, 5.74) is 0.853. The molecule has 0 spiro atoms. The Kier molecular flexibility index (Phi) is 3.59. The summed E-state index contributed by atoms with van der Waals surface area (Å²) < 4.78 is 5.67. The molecule has 20 heavy (non-hydrogen) atoms. The molecule has 2 aromatic rings. The molecule has 1 aliphatic rings. The van der Waals surface area contributed by atoms with E-state index in [1.54, 1.807) is 12.2 Å². The van der Waals surface area contributed by atoms with Crippen LogP contribution in [-0.4, -0.2) is 23.9 Å². The fraction of sp³-hybridized carbons (Fsp3) is 0.353. The molecule has 0 saturated carbocycles. The van der Waals surface area contributed by atoms with Crippen molar-refractivity contribution < 1.29 is 9.21 Å². The Hall–Kier alpha value is -2.03. The fourth-order valence-electron chi connectivity index (χ4n) is 2.73. The first-order valence-corrected chi connectivity index (χ1v) is 7.18. The summed E-state index contributed by atoms with van der Waals surface area (Å²) in [6.45, 7) is 3.93. The average molecular weight is 269 g/mol. The van der Waals surface area contributed by atoms with Crippen LogP contribution in [0.25, 0.3) is 17.0 Å². The Morgan fingerprint density at radius 1 is 1.40 bits per heavy atom. The van der Waals surface area contributed by atoms with Crippen molar-refractivity contribution in [3.8, 4) is 0 Å². The number of piperidine rings is 1. The first-order valence-electron chi connectivity index (χ1n) is 7.18. The van der Waals surface area contributed by atoms with Gasteiger partial charge in [0.1, 0.15) is 11.3 Å². The van der Waals surface area contributed by atoms with Crippen LogP contribution in [0, 0.1) is 5.92 Å². The second-order valence-electron chi connectivity index (χ2n) is 5.55. The van der Waals surface area contributed by atoms with Crippen molar-refractivity contribution in [3.05, 3.63) is 42.2 Å². The summed E-state index contributed by atoms with van der Waals surface area (Å²) in [6.07, 6.45) is 5.71. The SMILES string of the molecule is CC1CCCN(C(=O)/C=C/c2cc3ccccc3o2)C1. The number of carbonyl (C=O) groups is 1. The third kappa shape index (κ3) is 2.77. The highest BCUT2D eigenvalue weighted by Gasteiger charge is 2.19. The van der Waals surface area contributed by atoms with Crippen molar-refractivity contribution in [1.82, 2.24) is 4.90 Å². The minimum absolute atomic E-state index is 0.0806. The van der Waals surface area contributed by atoms with E-state index >= 15 is 0 Å². The van der Waals surface area contributed by atoms with Gasteiger partial charge >= 0.3 is 0 Å². The van der Waals surface area contributed by atoms with Crippen LogP contribution in [0.3, 0.4) is 0 Å². The van der Waals surface area contributed by atoms with Gasteiger partial charge in [0.25, 0.3) is 0 Å². The number of benzene rings is 1. The van der Waals surface area contributed by atoms with Gasteiger partial charge in [-0.05, 0) is 37.0 Å². The number of nitrogens with zero attached hydrogens (tertiary/aromatic N) is 1. The summed E-state index contributed by atoms with van der Waals surface area (Å²) in [5, 5.41) is 1.06. The van der Waals surface area contributed by atoms with Crippen LogP contribution < -0.4 is 0 Å². The number of para-hydroxylation sites is 1. The Morgan fingerprint density at radius 3 is 3.05 bits per heavy atom. The lowest BCUT2D eigenvalue weighted by Crippen LogP contribution is -2.38. The van der Waals surface area contributed by atoms with E-state index < -0.39 is 0 Å². The maximum absolute atomic E-state index is 12.1. The highest BCUT2D eigenvalue weighted by molar-refractivity contribution is 5.92. The van der Waals surface area contributed by atoms with Gasteiger partial charge < -0.3 is 9.32 Å². The molecule has 1 unspecified atom stereocenters. The molecular formula is C17H19NO2. The van der Waals surface area contributed by atoms with Gasteiger partial charge in [-0.3, -0.25) is 4.79 Å². The summed E-state index contributed by atoms with van der Waals surface area (Å²) in [4.78, 5) is 14.1. The van der Waals surface area contributed by atoms with Gasteiger partial charge in [0, 0.05) is 24.6 Å². The van der Waals surface area contributed by atoms with Crippen LogP contribution >= 0.6 is 0 Å². The van der Waals surface area contributed by atoms with Crippen LogP contribution in [-0.2, 0) is 4.79 Å². The number of likely N-dealkylation sites (tertiary alicyclic amines) is 1. The van der Waals surface area contributed by atoms with E-state index in [4.69, 9.17) is 4.42 Å². The molecule has 1 atom stereocenters. The van der Waals surface area contributed by atoms with Crippen LogP contribution in [0.1, 0.15) is 25.5 Å². The summed E-state index contributed by atoms with van der Waals surface area (Å²) in [7, 11) is 0. The van der Waals surface area contributed by atoms with Crippen molar-refractivity contribution >= 4 is 23.0 Å². The first-order chi connectivity index (χ1) is 9.72. The van der Waals surface area contributed by atoms with E-state index in [2.05, 4.69) is 6.92 Å². The molecular weight excluding hydrogens is 250 g/mol. The van der Waals surface area contributed by atoms with Crippen LogP contribution in [0.4, 0.5) is 0 Å². The topological polar surface area (TPSA) is 33.5 Å². The number of fused-ring (bicyclic) bond motifs is 1. The number of carbonyl (C=O) groups excluding carboxylic acids is 1. The lowest BCUT2D eigenvalue weighted by molar-refractivity contribution is -0.127. The smallest absolute Gasteiger partial charge is 0.246 e. The van der Waals surface area contributed by atoms with Crippen molar-refractivity contribution in [2.75, 3.05) is 13.1 Å². The molecule has 3 nitrogen and oxygen atoms in total. The monoisotopic (exact) mass is 269 g/mol. The minimum Gasteiger partial charge on any atom is -0.457 e. The summed E-state index contributed by atoms with van der Waals surface area (Å²) in [6, 6.07) is 9.81. The van der Waals surface area contributed by atoms with Gasteiger partial charge in [0.05, 0.1) is 0 Å². The largest absolute Gasteiger partial charge is 0.457 e. The molecule has 0 bridgehead atoms. The molecule has 1 saturated heterocycles. The van der Waals surface area contributed by atoms with E-state index in [0.717, 1.165) is 36.2 Å². The van der Waals surface area contributed by atoms with E-state index in [9.17, 15) is 4.79 Å². The van der Waals surface area contributed by atoms with E-state index in [-0.39, 0.29) is 5.91 Å². The zero-order chi connectivity index (χ0) is 13.9. The number of hydrogen-bond donors (Lipinski definition) is 0. The van der Waals surface area contributed by atoms with Gasteiger partial charge in [-0.1, -0.05) is 25.1 Å². The van der Waals surface area contributed by atoms with Crippen LogP contribution in [0.15, 0.2) is 40.8 Å². The average Bonchev–Trinajstić information content (AvgIpc) is 2.87. The van der Waals surface area contributed by atoms with Gasteiger partial charge in [-0.2, -0.15) is 0 Å². The maximum atomic E-state index is 12.1. The highest BCUT2D eigenvalue weighted by Crippen LogP contribution is 2.20. The Bertz CT molecular complexity index is 608. The predicted molar refractivity (Wildman–Crippen MR) is 80.2 cm³/mol. The molecule has 3 rings (SSSR count). The minimum atomic E-state index is 0.0806. The van der Waals surface area contributed by atoms with E-state index in [0.29, 0.717) is 5.92 Å². The molecule has 104 valence electrons. The molecule has 1 aliphatic heterocycles. The molecule has 0 radical (unpaired) electrons. The van der Waals surface area contributed by atoms with Gasteiger partial charge in [0.15, 0.2) is 0 Å². The van der Waals surface area contributed by atoms with Gasteiger partial charge in [-0.15, -0.1) is 0 Å². The molecule has 0 N–H and O–H groups in total. The van der Waals surface area contributed by atoms with E-state index in [1.807, 2.05) is 35.2 Å². The first kappa shape index (κ1) is 13.0. The fourth-order valence-corrected chi connectivity index (χ4v) is 2.73. The number of rotatable bonds is 2. The van der Waals surface area contributed by atoms with Crippen LogP contribution in [0.2, 0.25) is 0 Å². The molecule has 1 aromatic heterocycles. The predicted octanol–water partition coefficient (Wildman–Crippen LogP) is 3.70. The number of hydrogen-bond acceptors (Lipinski definition) is 2. The van der Waals surface area contributed by atoms with Crippen molar-refractivity contribution in [2.24, 2.45) is 5.92 Å². The number of furan rings is 1. The zero-order valence-electron chi connectivity index (χ0n) is 11.7. The molecule has 2 heterocycles. The Balaban J connectivity index is 1.71. The van der Waals surface area contributed by atoms with Gasteiger partial charge in [0.2, 0.25) is 5.91 Å². The molecule has 1 amide bonds. The van der Waals surface area contributed by atoms with E-state index in [1.165, 1.54) is 6.42 Å². The second-order valence-corrected chi connectivity index (χ2v) is 5.55. The Labute approximate surface area is 118 Å².